The molecule has 0 atom stereocenters. The minimum absolute atomic E-state index is 0.0522. The summed E-state index contributed by atoms with van der Waals surface area (Å²) >= 11 is 0. The highest BCUT2D eigenvalue weighted by Crippen LogP contribution is 2.55. The average Bonchev–Trinajstić information content (AvgIpc) is 0.840. The van der Waals surface area contributed by atoms with Crippen molar-refractivity contribution < 1.29 is 0 Å². The normalized spacial score (nSPS) is 13.1. The van der Waals surface area contributed by atoms with Crippen molar-refractivity contribution in [2.75, 3.05) is 0 Å². The van der Waals surface area contributed by atoms with Crippen LogP contribution in [0.15, 0.2) is 388 Å². The minimum atomic E-state index is -0.0592. The van der Waals surface area contributed by atoms with E-state index in [2.05, 4.69) is 416 Å². The summed E-state index contributed by atoms with van der Waals surface area (Å²) in [5.74, 6) is 0. The third-order valence-electron chi connectivity index (χ3n) is 25.2. The van der Waals surface area contributed by atoms with Crippen molar-refractivity contribution in [2.45, 2.75) is 38.5 Å². The largest absolute Gasteiger partial charge is 0.0616 e. The molecule has 0 amide bonds. The third kappa shape index (κ3) is 10.1. The summed E-state index contributed by atoms with van der Waals surface area (Å²) in [5, 5.41) is 25.8. The van der Waals surface area contributed by atoms with Gasteiger partial charge in [-0.25, -0.2) is 0 Å². The number of fused-ring (bicyclic) bond motifs is 20. The third-order valence-corrected chi connectivity index (χ3v) is 25.2. The molecule has 23 rings (SSSR count). The van der Waals surface area contributed by atoms with Crippen LogP contribution in [0, 0.1) is 0 Å². The zero-order chi connectivity index (χ0) is 74.5. The molecule has 0 radical (unpaired) electrons. The Morgan fingerprint density at radius 1 is 0.143 bits per heavy atom. The lowest BCUT2D eigenvalue weighted by atomic mass is 9.80. The lowest BCUT2D eigenvalue weighted by Gasteiger charge is -2.23. The topological polar surface area (TPSA) is 0 Å². The molecular weight excluding hydrogens is 1350 g/mol. The van der Waals surface area contributed by atoms with Crippen LogP contribution in [0.2, 0.25) is 0 Å². The summed E-state index contributed by atoms with van der Waals surface area (Å²) in [5.41, 5.74) is 28.5. The molecule has 524 valence electrons. The van der Waals surface area contributed by atoms with Crippen LogP contribution >= 0.6 is 0 Å². The van der Waals surface area contributed by atoms with Crippen LogP contribution in [0.3, 0.4) is 0 Å². The first kappa shape index (κ1) is 65.3. The van der Waals surface area contributed by atoms with Crippen LogP contribution < -0.4 is 0 Å². The number of hydrogen-bond donors (Lipinski definition) is 0. The molecule has 112 heavy (non-hydrogen) atoms. The maximum Gasteiger partial charge on any atom is 0.0165 e. The highest BCUT2D eigenvalue weighted by atomic mass is 14.4. The molecule has 0 spiro atoms. The maximum atomic E-state index is 2.42. The lowest BCUT2D eigenvalue weighted by Crippen LogP contribution is -2.15. The van der Waals surface area contributed by atoms with Gasteiger partial charge in [-0.15, -0.1) is 0 Å². The number of rotatable bonds is 7. The fourth-order valence-corrected chi connectivity index (χ4v) is 20.0. The molecule has 0 aromatic heterocycles. The summed E-state index contributed by atoms with van der Waals surface area (Å²) in [4.78, 5) is 0. The zero-order valence-corrected chi connectivity index (χ0v) is 63.0. The van der Waals surface area contributed by atoms with Gasteiger partial charge in [0.15, 0.2) is 0 Å². The Kier molecular flexibility index (Phi) is 14.8. The van der Waals surface area contributed by atoms with Crippen molar-refractivity contribution in [2.24, 2.45) is 0 Å². The van der Waals surface area contributed by atoms with Gasteiger partial charge in [0.1, 0.15) is 0 Å². The van der Waals surface area contributed by atoms with E-state index in [4.69, 9.17) is 0 Å². The molecule has 0 heteroatoms. The summed E-state index contributed by atoms with van der Waals surface area (Å²) in [6.45, 7) is 9.50. The lowest BCUT2D eigenvalue weighted by molar-refractivity contribution is 0.666. The highest BCUT2D eigenvalue weighted by molar-refractivity contribution is 6.24. The Morgan fingerprint density at radius 3 is 0.830 bits per heavy atom. The van der Waals surface area contributed by atoms with Gasteiger partial charge in [-0.3, -0.25) is 0 Å². The van der Waals surface area contributed by atoms with Gasteiger partial charge in [0.25, 0.3) is 0 Å². The quantitative estimate of drug-likeness (QED) is 0.110. The SMILES string of the molecule is CC1(C)c2ccc(-c3ccc(-c4c5ccccc5c(-c5ccc(-c6cc7ccccc7c7ccccc67)cc5)c5ccccc45)cc3)cc2-c2ccc3ccccc3c21.CC1(C)c2ccc(-c3ccc(-c4c5ccccc5c(-c5ccc6c(ccc7ccccc76)c5)c5ccccc45)cc3)cc2-c2ccc3ccccc3c21. The van der Waals surface area contributed by atoms with Crippen LogP contribution in [0.5, 0.6) is 0 Å². The Morgan fingerprint density at radius 2 is 0.411 bits per heavy atom. The number of benzene rings is 21. The first-order chi connectivity index (χ1) is 55.1. The molecule has 0 fully saturated rings. The van der Waals surface area contributed by atoms with E-state index in [-0.39, 0.29) is 10.8 Å². The summed E-state index contributed by atoms with van der Waals surface area (Å²) in [6.07, 6.45) is 0. The molecule has 0 saturated heterocycles. The second kappa shape index (κ2) is 25.4. The van der Waals surface area contributed by atoms with E-state index in [0.717, 1.165) is 0 Å². The Labute approximate surface area is 652 Å². The van der Waals surface area contributed by atoms with Gasteiger partial charge >= 0.3 is 0 Å². The molecule has 21 aromatic rings. The second-order valence-electron chi connectivity index (χ2n) is 32.0. The Bertz CT molecular complexity index is 7400. The van der Waals surface area contributed by atoms with Gasteiger partial charge in [0, 0.05) is 10.8 Å². The molecule has 0 nitrogen and oxygen atoms in total. The van der Waals surface area contributed by atoms with Gasteiger partial charge < -0.3 is 0 Å². The smallest absolute Gasteiger partial charge is 0.0165 e. The first-order valence-corrected chi connectivity index (χ1v) is 39.4. The van der Waals surface area contributed by atoms with E-state index in [1.165, 1.54) is 230 Å². The van der Waals surface area contributed by atoms with Crippen molar-refractivity contribution >= 4 is 108 Å². The fraction of sp³-hybridized carbons (Fsp3) is 0.0536. The van der Waals surface area contributed by atoms with Crippen LogP contribution in [0.25, 0.3) is 208 Å². The molecule has 21 aromatic carbocycles. The van der Waals surface area contributed by atoms with Gasteiger partial charge in [0.2, 0.25) is 0 Å². The standard InChI is InChI=1S/C59H40.C53H36/c1-59(2)55-34-32-42(35-54(55)52-33-31-38-13-3-6-16-45(38)58(52)59)37-23-27-40(28-24-37)56-48-19-9-11-21-50(48)57(51-22-12-10-20-49(51)56)41-29-25-39(26-30-41)53-36-43-14-4-5-15-44(43)46-17-7-8-18-47(46)53;1-53(2)49-30-27-37(32-48(49)47-29-25-35-12-4-6-14-42(35)52(47)53)33-19-22-36(23-20-33)50-43-15-7-9-17-45(43)51(46-18-10-8-16-44(46)50)39-26-28-41-38(31-39)24-21-34-11-3-5-13-40(34)41/h3-36H,1-2H3;3-32H,1-2H3. The second-order valence-corrected chi connectivity index (χ2v) is 32.0. The molecule has 0 N–H and O–H groups in total. The van der Waals surface area contributed by atoms with Gasteiger partial charge in [-0.2, -0.15) is 0 Å². The highest BCUT2D eigenvalue weighted by Gasteiger charge is 2.39. The number of hydrogen-bond acceptors (Lipinski definition) is 0. The molecule has 2 aliphatic rings. The predicted molar refractivity (Wildman–Crippen MR) is 481 cm³/mol. The van der Waals surface area contributed by atoms with Gasteiger partial charge in [0.05, 0.1) is 0 Å². The monoisotopic (exact) mass is 1420 g/mol. The van der Waals surface area contributed by atoms with Crippen LogP contribution in [0.4, 0.5) is 0 Å². The predicted octanol–water partition coefficient (Wildman–Crippen LogP) is 31.2. The molecule has 0 unspecified atom stereocenters. The molecule has 0 saturated carbocycles. The summed E-state index contributed by atoms with van der Waals surface area (Å²) < 4.78 is 0. The maximum absolute atomic E-state index is 2.42. The van der Waals surface area contributed by atoms with Gasteiger partial charge in [-0.1, -0.05) is 392 Å². The van der Waals surface area contributed by atoms with E-state index in [1.807, 2.05) is 0 Å². The summed E-state index contributed by atoms with van der Waals surface area (Å²) in [6, 6.07) is 145. The van der Waals surface area contributed by atoms with Crippen LogP contribution in [0.1, 0.15) is 49.9 Å². The Hall–Kier alpha value is -13.8. The van der Waals surface area contributed by atoms with Crippen molar-refractivity contribution in [3.63, 3.8) is 0 Å². The molecule has 0 heterocycles. The Balaban J connectivity index is 0.000000138. The van der Waals surface area contributed by atoms with Crippen molar-refractivity contribution in [1.29, 1.82) is 0 Å². The first-order valence-electron chi connectivity index (χ1n) is 39.4. The van der Waals surface area contributed by atoms with Crippen LogP contribution in [-0.4, -0.2) is 0 Å². The molecule has 0 aliphatic heterocycles. The van der Waals surface area contributed by atoms with Crippen molar-refractivity contribution in [1.82, 2.24) is 0 Å². The van der Waals surface area contributed by atoms with Crippen molar-refractivity contribution in [3.05, 3.63) is 411 Å². The molecular formula is C112H76. The van der Waals surface area contributed by atoms with E-state index < -0.39 is 0 Å². The molecule has 0 bridgehead atoms. The van der Waals surface area contributed by atoms with E-state index in [1.54, 1.807) is 0 Å². The van der Waals surface area contributed by atoms with Crippen LogP contribution in [-0.2, 0) is 10.8 Å². The van der Waals surface area contributed by atoms with E-state index in [0.29, 0.717) is 0 Å². The summed E-state index contributed by atoms with van der Waals surface area (Å²) in [7, 11) is 0. The van der Waals surface area contributed by atoms with Gasteiger partial charge in [-0.05, 0) is 254 Å². The minimum Gasteiger partial charge on any atom is -0.0616 e. The van der Waals surface area contributed by atoms with E-state index >= 15 is 0 Å². The zero-order valence-electron chi connectivity index (χ0n) is 63.0. The van der Waals surface area contributed by atoms with Crippen molar-refractivity contribution in [3.8, 4) is 100 Å². The van der Waals surface area contributed by atoms with E-state index in [9.17, 15) is 0 Å². The molecule has 2 aliphatic carbocycles. The fourth-order valence-electron chi connectivity index (χ4n) is 20.0. The average molecular weight is 1420 g/mol.